The lowest BCUT2D eigenvalue weighted by Gasteiger charge is -2.04. The monoisotopic (exact) mass is 295 g/mol. The van der Waals surface area contributed by atoms with Crippen molar-refractivity contribution in [3.63, 3.8) is 0 Å². The van der Waals surface area contributed by atoms with E-state index in [4.69, 9.17) is 0 Å². The molecule has 0 fully saturated rings. The molecule has 21 heavy (non-hydrogen) atoms. The van der Waals surface area contributed by atoms with Crippen LogP contribution in [0.3, 0.4) is 0 Å². The van der Waals surface area contributed by atoms with Gasteiger partial charge in [0.15, 0.2) is 6.61 Å². The lowest BCUT2D eigenvalue weighted by molar-refractivity contribution is -0.384. The van der Waals surface area contributed by atoms with E-state index in [0.29, 0.717) is 0 Å². The molecule has 0 saturated heterocycles. The number of carbonyl (C=O) groups excluding carboxylic acids is 3. The number of ether oxygens (including phenoxy) is 2. The highest BCUT2D eigenvalue weighted by Gasteiger charge is 2.14. The highest BCUT2D eigenvalue weighted by molar-refractivity contribution is 5.98. The van der Waals surface area contributed by atoms with Crippen molar-refractivity contribution < 1.29 is 28.8 Å². The minimum absolute atomic E-state index is 0.0740. The minimum atomic E-state index is -0.723. The Morgan fingerprint density at radius 1 is 1.19 bits per heavy atom. The van der Waals surface area contributed by atoms with E-state index in [1.54, 1.807) is 0 Å². The van der Waals surface area contributed by atoms with E-state index in [1.165, 1.54) is 25.3 Å². The Morgan fingerprint density at radius 3 is 2.48 bits per heavy atom. The number of Topliss-reactive ketones (excluding diaryl/α,β-unsaturated/α-hetero) is 1. The summed E-state index contributed by atoms with van der Waals surface area (Å²) < 4.78 is 9.04. The van der Waals surface area contributed by atoms with Crippen LogP contribution in [-0.2, 0) is 19.1 Å². The van der Waals surface area contributed by atoms with E-state index in [0.717, 1.165) is 6.07 Å². The van der Waals surface area contributed by atoms with Gasteiger partial charge in [-0.05, 0) is 0 Å². The summed E-state index contributed by atoms with van der Waals surface area (Å²) in [5, 5.41) is 10.6. The number of nitrogens with zero attached hydrogens (tertiary/aromatic N) is 1. The van der Waals surface area contributed by atoms with E-state index in [1.807, 2.05) is 0 Å². The molecule has 0 N–H and O–H groups in total. The number of nitro groups is 1. The van der Waals surface area contributed by atoms with E-state index < -0.39 is 29.3 Å². The first-order valence-electron chi connectivity index (χ1n) is 5.94. The number of esters is 2. The molecule has 0 aliphatic carbocycles. The van der Waals surface area contributed by atoms with E-state index in [2.05, 4.69) is 9.47 Å². The fourth-order valence-corrected chi connectivity index (χ4v) is 1.40. The smallest absolute Gasteiger partial charge is 0.306 e. The molecule has 1 aromatic rings. The molecule has 1 rings (SSSR count). The molecule has 0 bridgehead atoms. The number of methoxy groups -OCH3 is 1. The van der Waals surface area contributed by atoms with Crippen LogP contribution in [0.4, 0.5) is 5.69 Å². The van der Waals surface area contributed by atoms with Gasteiger partial charge in [-0.25, -0.2) is 0 Å². The maximum atomic E-state index is 11.7. The summed E-state index contributed by atoms with van der Waals surface area (Å²) in [4.78, 5) is 43.8. The molecule has 0 aliphatic heterocycles. The third kappa shape index (κ3) is 5.39. The number of hydrogen-bond donors (Lipinski definition) is 0. The van der Waals surface area contributed by atoms with Crippen molar-refractivity contribution in [1.29, 1.82) is 0 Å². The highest BCUT2D eigenvalue weighted by Crippen LogP contribution is 2.13. The number of hydrogen-bond acceptors (Lipinski definition) is 7. The fourth-order valence-electron chi connectivity index (χ4n) is 1.40. The average molecular weight is 295 g/mol. The van der Waals surface area contributed by atoms with Gasteiger partial charge in [0.25, 0.3) is 5.69 Å². The van der Waals surface area contributed by atoms with Crippen molar-refractivity contribution in [2.75, 3.05) is 13.7 Å². The molecular weight excluding hydrogens is 282 g/mol. The third-order valence-corrected chi connectivity index (χ3v) is 2.50. The van der Waals surface area contributed by atoms with Crippen molar-refractivity contribution in [2.45, 2.75) is 12.8 Å². The van der Waals surface area contributed by atoms with Crippen LogP contribution in [0.25, 0.3) is 0 Å². The molecule has 0 atom stereocenters. The van der Waals surface area contributed by atoms with Gasteiger partial charge in [-0.3, -0.25) is 24.5 Å². The summed E-state index contributed by atoms with van der Waals surface area (Å²) in [6.07, 6.45) is -0.338. The van der Waals surface area contributed by atoms with Gasteiger partial charge >= 0.3 is 11.9 Å². The van der Waals surface area contributed by atoms with E-state index in [-0.39, 0.29) is 24.1 Å². The van der Waals surface area contributed by atoms with Crippen molar-refractivity contribution in [3.05, 3.63) is 39.9 Å². The summed E-state index contributed by atoms with van der Waals surface area (Å²) in [6, 6.07) is 5.10. The molecule has 0 spiro atoms. The maximum Gasteiger partial charge on any atom is 0.306 e. The first-order chi connectivity index (χ1) is 9.93. The molecule has 0 unspecified atom stereocenters. The second-order valence-corrected chi connectivity index (χ2v) is 3.97. The van der Waals surface area contributed by atoms with E-state index in [9.17, 15) is 24.5 Å². The van der Waals surface area contributed by atoms with E-state index >= 15 is 0 Å². The number of benzene rings is 1. The van der Waals surface area contributed by atoms with Gasteiger partial charge < -0.3 is 9.47 Å². The fraction of sp³-hybridized carbons (Fsp3) is 0.308. The zero-order valence-corrected chi connectivity index (χ0v) is 11.2. The third-order valence-electron chi connectivity index (χ3n) is 2.50. The highest BCUT2D eigenvalue weighted by atomic mass is 16.6. The Labute approximate surface area is 119 Å². The van der Waals surface area contributed by atoms with Gasteiger partial charge in [0.2, 0.25) is 5.78 Å². The minimum Gasteiger partial charge on any atom is -0.469 e. The number of carbonyl (C=O) groups is 3. The number of ketones is 1. The Kier molecular flexibility index (Phi) is 5.99. The largest absolute Gasteiger partial charge is 0.469 e. The Morgan fingerprint density at radius 2 is 1.86 bits per heavy atom. The number of non-ortho nitro benzene ring substituents is 1. The SMILES string of the molecule is COC(=O)CCC(=O)OCC(=O)c1cccc([N+](=O)[O-])c1. The second-order valence-electron chi connectivity index (χ2n) is 3.97. The topological polar surface area (TPSA) is 113 Å². The van der Waals surface area contributed by atoms with Gasteiger partial charge in [0.1, 0.15) is 0 Å². The van der Waals surface area contributed by atoms with Crippen LogP contribution in [0.15, 0.2) is 24.3 Å². The van der Waals surface area contributed by atoms with Crippen molar-refractivity contribution in [2.24, 2.45) is 0 Å². The standard InChI is InChI=1S/C13H13NO7/c1-20-12(16)5-6-13(17)21-8-11(15)9-3-2-4-10(7-9)14(18)19/h2-4,7H,5-6,8H2,1H3. The average Bonchev–Trinajstić information content (AvgIpc) is 2.50. The predicted molar refractivity (Wildman–Crippen MR) is 69.6 cm³/mol. The normalized spacial score (nSPS) is 9.76. The van der Waals surface area contributed by atoms with Crippen LogP contribution in [-0.4, -0.2) is 36.4 Å². The lowest BCUT2D eigenvalue weighted by Crippen LogP contribution is -2.15. The molecule has 112 valence electrons. The van der Waals surface area contributed by atoms with Crippen LogP contribution in [0, 0.1) is 10.1 Å². The summed E-state index contributed by atoms with van der Waals surface area (Å²) in [5.74, 6) is -1.85. The molecular formula is C13H13NO7. The van der Waals surface area contributed by atoms with Gasteiger partial charge in [-0.2, -0.15) is 0 Å². The molecule has 8 heteroatoms. The zero-order valence-electron chi connectivity index (χ0n) is 11.2. The van der Waals surface area contributed by atoms with Crippen molar-refractivity contribution in [3.8, 4) is 0 Å². The molecule has 0 amide bonds. The quantitative estimate of drug-likeness (QED) is 0.322. The van der Waals surface area contributed by atoms with Gasteiger partial charge in [0.05, 0.1) is 24.9 Å². The molecule has 0 saturated carbocycles. The molecule has 0 aliphatic rings. The summed E-state index contributed by atoms with van der Waals surface area (Å²) in [7, 11) is 1.19. The summed E-state index contributed by atoms with van der Waals surface area (Å²) in [6.45, 7) is -0.541. The van der Waals surface area contributed by atoms with Crippen LogP contribution < -0.4 is 0 Å². The van der Waals surface area contributed by atoms with Crippen LogP contribution in [0.1, 0.15) is 23.2 Å². The van der Waals surface area contributed by atoms with Crippen molar-refractivity contribution in [1.82, 2.24) is 0 Å². The van der Waals surface area contributed by atoms with Gasteiger partial charge in [0, 0.05) is 17.7 Å². The first kappa shape index (κ1) is 16.3. The van der Waals surface area contributed by atoms with Crippen LogP contribution in [0.2, 0.25) is 0 Å². The summed E-state index contributed by atoms with van der Waals surface area (Å²) >= 11 is 0. The maximum absolute atomic E-state index is 11.7. The molecule has 0 aromatic heterocycles. The lowest BCUT2D eigenvalue weighted by atomic mass is 10.1. The first-order valence-corrected chi connectivity index (χ1v) is 5.94. The van der Waals surface area contributed by atoms with Crippen molar-refractivity contribution >= 4 is 23.4 Å². The molecule has 1 aromatic carbocycles. The van der Waals surface area contributed by atoms with Crippen LogP contribution in [0.5, 0.6) is 0 Å². The second kappa shape index (κ2) is 7.73. The number of rotatable bonds is 7. The molecule has 0 radical (unpaired) electrons. The summed E-state index contributed by atoms with van der Waals surface area (Å²) in [5.41, 5.74) is -0.150. The number of nitro benzene ring substituents is 1. The Hall–Kier alpha value is -2.77. The Balaban J connectivity index is 2.50. The van der Waals surface area contributed by atoms with Gasteiger partial charge in [-0.15, -0.1) is 0 Å². The molecule has 0 heterocycles. The molecule has 8 nitrogen and oxygen atoms in total. The predicted octanol–water partition coefficient (Wildman–Crippen LogP) is 1.27. The van der Waals surface area contributed by atoms with Gasteiger partial charge in [-0.1, -0.05) is 12.1 Å². The Bertz CT molecular complexity index is 567. The van der Waals surface area contributed by atoms with Crippen LogP contribution >= 0.6 is 0 Å². The zero-order chi connectivity index (χ0) is 15.8.